The molecule has 3 rings (SSSR count). The number of carbonyl (C=O) groups excluding carboxylic acids is 1. The molecule has 0 aliphatic carbocycles. The molecule has 5 nitrogen and oxygen atoms in total. The first-order valence-corrected chi connectivity index (χ1v) is 6.27. The first-order chi connectivity index (χ1) is 9.27. The molecule has 1 saturated heterocycles. The molecule has 19 heavy (non-hydrogen) atoms. The summed E-state index contributed by atoms with van der Waals surface area (Å²) in [6.07, 6.45) is 1.56. The van der Waals surface area contributed by atoms with Gasteiger partial charge in [0.15, 0.2) is 0 Å². The molecule has 5 heteroatoms. The van der Waals surface area contributed by atoms with Crippen molar-refractivity contribution in [3.63, 3.8) is 0 Å². The number of benzene rings is 1. The van der Waals surface area contributed by atoms with Crippen LogP contribution < -0.4 is 5.73 Å². The van der Waals surface area contributed by atoms with Crippen molar-refractivity contribution in [3.05, 3.63) is 36.0 Å². The maximum absolute atomic E-state index is 12.5. The van der Waals surface area contributed by atoms with Crippen molar-refractivity contribution in [1.29, 1.82) is 0 Å². The summed E-state index contributed by atoms with van der Waals surface area (Å²) in [5.41, 5.74) is 6.45. The van der Waals surface area contributed by atoms with Crippen LogP contribution in [-0.4, -0.2) is 42.1 Å². The highest BCUT2D eigenvalue weighted by Crippen LogP contribution is 2.23. The highest BCUT2D eigenvalue weighted by atomic mass is 16.5. The molecule has 0 atom stereocenters. The Morgan fingerprint density at radius 1 is 1.21 bits per heavy atom. The number of hydrogen-bond donors (Lipinski definition) is 1. The van der Waals surface area contributed by atoms with Gasteiger partial charge < -0.3 is 15.4 Å². The average Bonchev–Trinajstić information content (AvgIpc) is 2.48. The number of amides is 1. The van der Waals surface area contributed by atoms with E-state index in [1.807, 2.05) is 24.3 Å². The van der Waals surface area contributed by atoms with Crippen LogP contribution in [0.2, 0.25) is 0 Å². The lowest BCUT2D eigenvalue weighted by Gasteiger charge is -2.27. The Bertz CT molecular complexity index is 621. The van der Waals surface area contributed by atoms with Crippen molar-refractivity contribution in [3.8, 4) is 0 Å². The lowest BCUT2D eigenvalue weighted by Crippen LogP contribution is -2.40. The van der Waals surface area contributed by atoms with Gasteiger partial charge in [0.2, 0.25) is 0 Å². The normalized spacial score (nSPS) is 15.7. The van der Waals surface area contributed by atoms with Gasteiger partial charge in [0.05, 0.1) is 18.8 Å². The van der Waals surface area contributed by atoms with E-state index >= 15 is 0 Å². The second kappa shape index (κ2) is 4.85. The highest BCUT2D eigenvalue weighted by Gasteiger charge is 2.21. The summed E-state index contributed by atoms with van der Waals surface area (Å²) in [4.78, 5) is 18.4. The van der Waals surface area contributed by atoms with Gasteiger partial charge in [-0.1, -0.05) is 24.3 Å². The lowest BCUT2D eigenvalue weighted by molar-refractivity contribution is 0.0304. The molecule has 2 aromatic rings. The summed E-state index contributed by atoms with van der Waals surface area (Å²) < 4.78 is 5.26. The largest absolute Gasteiger partial charge is 0.383 e. The van der Waals surface area contributed by atoms with Gasteiger partial charge in [0.25, 0.3) is 5.91 Å². The molecule has 1 aromatic carbocycles. The number of nitrogen functional groups attached to an aromatic ring is 1. The fourth-order valence-corrected chi connectivity index (χ4v) is 2.32. The molecule has 1 aromatic heterocycles. The van der Waals surface area contributed by atoms with E-state index in [1.54, 1.807) is 11.1 Å². The van der Waals surface area contributed by atoms with Gasteiger partial charge in [-0.3, -0.25) is 4.79 Å². The van der Waals surface area contributed by atoms with E-state index in [2.05, 4.69) is 4.98 Å². The highest BCUT2D eigenvalue weighted by molar-refractivity contribution is 6.08. The van der Waals surface area contributed by atoms with Crippen molar-refractivity contribution in [2.75, 3.05) is 32.0 Å². The Morgan fingerprint density at radius 2 is 1.89 bits per heavy atom. The summed E-state index contributed by atoms with van der Waals surface area (Å²) in [7, 11) is 0. The fourth-order valence-electron chi connectivity index (χ4n) is 2.32. The molecule has 0 saturated carbocycles. The molecule has 2 heterocycles. The molecule has 0 spiro atoms. The first-order valence-electron chi connectivity index (χ1n) is 6.27. The number of hydrogen-bond acceptors (Lipinski definition) is 4. The van der Waals surface area contributed by atoms with Crippen molar-refractivity contribution < 1.29 is 9.53 Å². The zero-order valence-electron chi connectivity index (χ0n) is 10.5. The van der Waals surface area contributed by atoms with E-state index in [1.165, 1.54) is 0 Å². The van der Waals surface area contributed by atoms with Gasteiger partial charge >= 0.3 is 0 Å². The van der Waals surface area contributed by atoms with Crippen LogP contribution in [0.3, 0.4) is 0 Å². The molecule has 2 N–H and O–H groups in total. The van der Waals surface area contributed by atoms with Gasteiger partial charge in [-0.2, -0.15) is 0 Å². The van der Waals surface area contributed by atoms with Crippen LogP contribution in [0.4, 0.5) is 5.82 Å². The summed E-state index contributed by atoms with van der Waals surface area (Å²) in [6, 6.07) is 7.58. The van der Waals surface area contributed by atoms with Crippen molar-refractivity contribution in [2.45, 2.75) is 0 Å². The minimum Gasteiger partial charge on any atom is -0.383 e. The van der Waals surface area contributed by atoms with Crippen molar-refractivity contribution in [2.24, 2.45) is 0 Å². The fraction of sp³-hybridized carbons (Fsp3) is 0.286. The lowest BCUT2D eigenvalue weighted by atomic mass is 10.1. The second-order valence-electron chi connectivity index (χ2n) is 4.51. The van der Waals surface area contributed by atoms with Gasteiger partial charge in [0.1, 0.15) is 5.82 Å². The second-order valence-corrected chi connectivity index (χ2v) is 4.51. The number of nitrogens with two attached hydrogens (primary N) is 1. The number of ether oxygens (including phenoxy) is 1. The molecule has 1 aliphatic heterocycles. The third-order valence-corrected chi connectivity index (χ3v) is 3.35. The van der Waals surface area contributed by atoms with Crippen molar-refractivity contribution in [1.82, 2.24) is 9.88 Å². The maximum Gasteiger partial charge on any atom is 0.256 e. The Hall–Kier alpha value is -2.14. The number of pyridine rings is 1. The van der Waals surface area contributed by atoms with E-state index in [0.717, 1.165) is 10.8 Å². The smallest absolute Gasteiger partial charge is 0.256 e. The van der Waals surface area contributed by atoms with Gasteiger partial charge in [0, 0.05) is 24.7 Å². The van der Waals surface area contributed by atoms with E-state index in [9.17, 15) is 4.79 Å². The van der Waals surface area contributed by atoms with Gasteiger partial charge in [-0.15, -0.1) is 0 Å². The molecular weight excluding hydrogens is 242 g/mol. The standard InChI is InChI=1S/C14H15N3O2/c15-13-11-4-2-1-3-10(11)12(9-16-13)14(18)17-5-7-19-8-6-17/h1-4,9H,5-8H2,(H2,15,16). The Morgan fingerprint density at radius 3 is 2.63 bits per heavy atom. The molecular formula is C14H15N3O2. The van der Waals surface area contributed by atoms with E-state index in [0.29, 0.717) is 37.7 Å². The maximum atomic E-state index is 12.5. The molecule has 0 bridgehead atoms. The zero-order chi connectivity index (χ0) is 13.2. The Balaban J connectivity index is 2.05. The SMILES string of the molecule is Nc1ncc(C(=O)N2CCOCC2)c2ccccc12. The predicted octanol–water partition coefficient (Wildman–Crippen LogP) is 1.29. The molecule has 1 fully saturated rings. The van der Waals surface area contributed by atoms with E-state index in [4.69, 9.17) is 10.5 Å². The monoisotopic (exact) mass is 257 g/mol. The zero-order valence-corrected chi connectivity index (χ0v) is 10.5. The number of carbonyl (C=O) groups is 1. The molecule has 1 aliphatic rings. The average molecular weight is 257 g/mol. The van der Waals surface area contributed by atoms with Gasteiger partial charge in [-0.05, 0) is 5.39 Å². The topological polar surface area (TPSA) is 68.5 Å². The third kappa shape index (κ3) is 2.13. The van der Waals surface area contributed by atoms with Crippen LogP contribution in [-0.2, 0) is 4.74 Å². The predicted molar refractivity (Wildman–Crippen MR) is 72.9 cm³/mol. The number of aromatic nitrogens is 1. The van der Waals surface area contributed by atoms with Gasteiger partial charge in [-0.25, -0.2) is 4.98 Å². The van der Waals surface area contributed by atoms with Crippen LogP contribution in [0.15, 0.2) is 30.5 Å². The van der Waals surface area contributed by atoms with Crippen LogP contribution in [0.25, 0.3) is 10.8 Å². The first kappa shape index (κ1) is 11.9. The van der Waals surface area contributed by atoms with Crippen LogP contribution >= 0.6 is 0 Å². The Kier molecular flexibility index (Phi) is 3.05. The van der Waals surface area contributed by atoms with Crippen LogP contribution in [0.1, 0.15) is 10.4 Å². The number of morpholine rings is 1. The summed E-state index contributed by atoms with van der Waals surface area (Å²) in [6.45, 7) is 2.42. The molecule has 98 valence electrons. The number of anilines is 1. The molecule has 1 amide bonds. The van der Waals surface area contributed by atoms with Crippen LogP contribution in [0.5, 0.6) is 0 Å². The van der Waals surface area contributed by atoms with Crippen molar-refractivity contribution >= 4 is 22.5 Å². The van der Waals surface area contributed by atoms with Crippen LogP contribution in [0, 0.1) is 0 Å². The Labute approximate surface area is 111 Å². The molecule has 0 unspecified atom stereocenters. The minimum absolute atomic E-state index is 0.00741. The summed E-state index contributed by atoms with van der Waals surface area (Å²) in [5.74, 6) is 0.445. The minimum atomic E-state index is -0.00741. The third-order valence-electron chi connectivity index (χ3n) is 3.35. The number of fused-ring (bicyclic) bond motifs is 1. The summed E-state index contributed by atoms with van der Waals surface area (Å²) >= 11 is 0. The number of rotatable bonds is 1. The number of nitrogens with zero attached hydrogens (tertiary/aromatic N) is 2. The van der Waals surface area contributed by atoms with E-state index < -0.39 is 0 Å². The quantitative estimate of drug-likeness (QED) is 0.835. The molecule has 0 radical (unpaired) electrons. The summed E-state index contributed by atoms with van der Waals surface area (Å²) in [5, 5.41) is 1.67. The van der Waals surface area contributed by atoms with E-state index in [-0.39, 0.29) is 5.91 Å².